The van der Waals surface area contributed by atoms with Crippen LogP contribution in [0.2, 0.25) is 0 Å². The van der Waals surface area contributed by atoms with E-state index in [0.29, 0.717) is 21.5 Å². The maximum absolute atomic E-state index is 6.28. The van der Waals surface area contributed by atoms with Crippen LogP contribution < -0.4 is 0 Å². The first-order valence-electron chi connectivity index (χ1n) is 15.1. The second-order valence-electron chi connectivity index (χ2n) is 10.9. The van der Waals surface area contributed by atoms with Gasteiger partial charge in [0.2, 0.25) is 0 Å². The Kier molecular flexibility index (Phi) is 6.61. The van der Waals surface area contributed by atoms with E-state index < -0.39 is 10.0 Å². The molecule has 1 atom stereocenters. The Morgan fingerprint density at radius 2 is 1.48 bits per heavy atom. The third-order valence-electron chi connectivity index (χ3n) is 8.28. The first kappa shape index (κ1) is 27.8. The van der Waals surface area contributed by atoms with E-state index in [1.54, 1.807) is 37.2 Å². The molecule has 1 aliphatic rings. The van der Waals surface area contributed by atoms with Gasteiger partial charge < -0.3 is 4.42 Å². The van der Waals surface area contributed by atoms with Gasteiger partial charge in [-0.05, 0) is 59.1 Å². The van der Waals surface area contributed by atoms with Gasteiger partial charge in [0.25, 0.3) is 0 Å². The first-order valence-corrected chi connectivity index (χ1v) is 16.7. The van der Waals surface area contributed by atoms with Crippen molar-refractivity contribution < 1.29 is 4.42 Å². The van der Waals surface area contributed by atoms with Crippen molar-refractivity contribution in [2.75, 3.05) is 0 Å². The van der Waals surface area contributed by atoms with E-state index in [9.17, 15) is 0 Å². The summed E-state index contributed by atoms with van der Waals surface area (Å²) in [5.41, 5.74) is 4.51. The molecular weight excluding hydrogens is 619 g/mol. The number of rotatable bonds is 6. The molecule has 9 rings (SSSR count). The van der Waals surface area contributed by atoms with Crippen LogP contribution in [-0.4, -0.2) is 45.5 Å². The summed E-state index contributed by atoms with van der Waals surface area (Å²) in [5, 5.41) is 26.4. The molecule has 0 bridgehead atoms. The highest BCUT2D eigenvalue weighted by atomic mass is 32.3. The van der Waals surface area contributed by atoms with Crippen LogP contribution in [0.25, 0.3) is 42.6 Å². The molecule has 0 amide bonds. The fourth-order valence-electron chi connectivity index (χ4n) is 6.37. The number of allylic oxidation sites excluding steroid dienone is 2. The fourth-order valence-corrected chi connectivity index (χ4v) is 10.4. The second-order valence-corrected chi connectivity index (χ2v) is 13.8. The molecule has 8 aromatic rings. The van der Waals surface area contributed by atoms with Crippen LogP contribution in [0.3, 0.4) is 0 Å². The van der Waals surface area contributed by atoms with E-state index in [1.807, 2.05) is 79.0 Å². The van der Waals surface area contributed by atoms with Crippen molar-refractivity contribution in [3.05, 3.63) is 163 Å². The van der Waals surface area contributed by atoms with Crippen molar-refractivity contribution in [2.45, 2.75) is 10.1 Å². The van der Waals surface area contributed by atoms with Gasteiger partial charge in [-0.15, -0.1) is 15.3 Å². The smallest absolute Gasteiger partial charge is 0.135 e. The third kappa shape index (κ3) is 4.25. The molecule has 1 unspecified atom stereocenters. The lowest BCUT2D eigenvalue weighted by molar-refractivity contribution is 0.555. The number of hydrogen-bond acceptors (Lipinski definition) is 10. The lowest BCUT2D eigenvalue weighted by Crippen LogP contribution is -2.12. The largest absolute Gasteiger partial charge is 0.464 e. The van der Waals surface area contributed by atoms with Crippen LogP contribution in [0, 0.1) is 0 Å². The Balaban J connectivity index is 1.57. The van der Waals surface area contributed by atoms with E-state index in [-0.39, 0.29) is 0 Å². The van der Waals surface area contributed by atoms with E-state index in [4.69, 9.17) is 24.5 Å². The number of hydrogen-bond donors (Lipinski definition) is 0. The molecule has 0 saturated heterocycles. The molecule has 6 aromatic heterocycles. The van der Waals surface area contributed by atoms with Gasteiger partial charge >= 0.3 is 0 Å². The zero-order valence-corrected chi connectivity index (χ0v) is 25.9. The van der Waals surface area contributed by atoms with Gasteiger partial charge in [-0.3, -0.25) is 9.97 Å². The van der Waals surface area contributed by atoms with Crippen molar-refractivity contribution in [3.8, 4) is 0 Å². The molecule has 2 aromatic carbocycles. The number of benzene rings is 2. The number of para-hydroxylation sites is 1. The Bertz CT molecular complexity index is 2460. The number of pyridine rings is 2. The molecule has 0 fully saturated rings. The van der Waals surface area contributed by atoms with Gasteiger partial charge in [0.1, 0.15) is 21.5 Å². The van der Waals surface area contributed by atoms with Crippen molar-refractivity contribution in [2.24, 2.45) is 0 Å². The van der Waals surface area contributed by atoms with Gasteiger partial charge in [0, 0.05) is 56.5 Å². The maximum atomic E-state index is 6.28. The van der Waals surface area contributed by atoms with Gasteiger partial charge in [-0.25, -0.2) is 9.97 Å². The number of nitrogens with zero attached hydrogens (tertiary/aromatic N) is 9. The van der Waals surface area contributed by atoms with Crippen LogP contribution >= 0.6 is 10.0 Å². The molecule has 1 aliphatic heterocycles. The molecule has 0 spiro atoms. The third-order valence-corrected chi connectivity index (χ3v) is 12.0. The van der Waals surface area contributed by atoms with Crippen LogP contribution in [0.1, 0.15) is 22.8 Å². The van der Waals surface area contributed by atoms with Crippen molar-refractivity contribution in [1.29, 1.82) is 0 Å². The second kappa shape index (κ2) is 11.4. The summed E-state index contributed by atoms with van der Waals surface area (Å²) < 4.78 is 6.28. The van der Waals surface area contributed by atoms with Crippen LogP contribution in [-0.2, 0) is 0 Å². The monoisotopic (exact) mass is 641 g/mol. The summed E-state index contributed by atoms with van der Waals surface area (Å²) in [7, 11) is -2.70. The summed E-state index contributed by atoms with van der Waals surface area (Å²) in [6.45, 7) is 0. The predicted molar refractivity (Wildman–Crippen MR) is 184 cm³/mol. The van der Waals surface area contributed by atoms with E-state index in [0.717, 1.165) is 54.0 Å². The molecule has 0 radical (unpaired) electrons. The van der Waals surface area contributed by atoms with Gasteiger partial charge in [0.15, 0.2) is 0 Å². The minimum absolute atomic E-state index is 0.580. The summed E-state index contributed by atoms with van der Waals surface area (Å²) in [5.74, 6) is 0.619. The zero-order chi connectivity index (χ0) is 31.9. The Morgan fingerprint density at radius 1 is 0.562 bits per heavy atom. The minimum atomic E-state index is -2.70. The Morgan fingerprint density at radius 3 is 2.29 bits per heavy atom. The summed E-state index contributed by atoms with van der Waals surface area (Å²) in [4.78, 5) is 21.7. The lowest BCUT2D eigenvalue weighted by Gasteiger charge is -2.39. The molecular formula is C37H23N9OS. The van der Waals surface area contributed by atoms with Crippen molar-refractivity contribution in [1.82, 2.24) is 45.5 Å². The fraction of sp³-hybridized carbons (Fsp3) is 0. The molecule has 48 heavy (non-hydrogen) atoms. The Labute approximate surface area is 275 Å². The number of aromatic nitrogens is 9. The highest BCUT2D eigenvalue weighted by Gasteiger charge is 2.52. The standard InChI is InChI=1S/C37H23N9OS/c1-3-9-26-24(7-1)15-18-40-35(26)37-33(28-14-13-25-8-2-4-10-27(25)43-28)34(30-11-6-22-47-30)36(29-16-19-42-46-44-29)48(37,31-12-5-17-41-45-31)32-23-38-20-21-39-32/h1-23H. The molecule has 0 aliphatic carbocycles. The quantitative estimate of drug-likeness (QED) is 0.180. The van der Waals surface area contributed by atoms with Gasteiger partial charge in [0.05, 0.1) is 35.6 Å². The van der Waals surface area contributed by atoms with Crippen molar-refractivity contribution >= 4 is 52.7 Å². The molecule has 0 N–H and O–H groups in total. The highest BCUT2D eigenvalue weighted by Crippen LogP contribution is 2.83. The number of fused-ring (bicyclic) bond motifs is 2. The predicted octanol–water partition coefficient (Wildman–Crippen LogP) is 7.51. The van der Waals surface area contributed by atoms with Crippen LogP contribution in [0.15, 0.2) is 155 Å². The topological polar surface area (TPSA) is 129 Å². The lowest BCUT2D eigenvalue weighted by atomic mass is 9.95. The maximum Gasteiger partial charge on any atom is 0.135 e. The summed E-state index contributed by atoms with van der Waals surface area (Å²) in [6, 6.07) is 32.0. The first-order chi connectivity index (χ1) is 23.8. The molecule has 11 heteroatoms. The SMILES string of the molecule is c1cnnc(S2(c3cnccn3)C(c3ccnnn3)=C(c3ccco3)C(c3ccc4ccccc4n3)=C2c2nccc3ccccc23)c1. The molecule has 0 saturated carbocycles. The highest BCUT2D eigenvalue weighted by molar-refractivity contribution is 8.48. The minimum Gasteiger partial charge on any atom is -0.464 e. The molecule has 10 nitrogen and oxygen atoms in total. The normalized spacial score (nSPS) is 17.6. The van der Waals surface area contributed by atoms with Crippen molar-refractivity contribution in [3.63, 3.8) is 0 Å². The molecule has 7 heterocycles. The Hall–Kier alpha value is -6.46. The van der Waals surface area contributed by atoms with E-state index >= 15 is 0 Å². The summed E-state index contributed by atoms with van der Waals surface area (Å²) in [6.07, 6.45) is 12.0. The van der Waals surface area contributed by atoms with Crippen LogP contribution in [0.5, 0.6) is 0 Å². The average molecular weight is 642 g/mol. The van der Waals surface area contributed by atoms with E-state index in [2.05, 4.69) is 49.8 Å². The molecule has 228 valence electrons. The summed E-state index contributed by atoms with van der Waals surface area (Å²) >= 11 is 0. The van der Waals surface area contributed by atoms with Crippen LogP contribution in [0.4, 0.5) is 0 Å². The zero-order valence-electron chi connectivity index (χ0n) is 25.1. The van der Waals surface area contributed by atoms with Gasteiger partial charge in [-0.1, -0.05) is 58.6 Å². The number of furan rings is 1. The average Bonchev–Trinajstić information content (AvgIpc) is 3.81. The van der Waals surface area contributed by atoms with E-state index in [1.165, 1.54) is 0 Å². The van der Waals surface area contributed by atoms with Gasteiger partial charge in [-0.2, -0.15) is 5.10 Å².